The third-order valence-corrected chi connectivity index (χ3v) is 3.42. The molecule has 0 saturated carbocycles. The Morgan fingerprint density at radius 2 is 1.73 bits per heavy atom. The summed E-state index contributed by atoms with van der Waals surface area (Å²) in [5, 5.41) is 5.22. The van der Waals surface area contributed by atoms with Gasteiger partial charge in [-0.3, -0.25) is 4.79 Å². The first-order chi connectivity index (χ1) is 10.4. The summed E-state index contributed by atoms with van der Waals surface area (Å²) in [5.74, 6) is 0.474. The molecule has 2 atom stereocenters. The molecule has 22 heavy (non-hydrogen) atoms. The summed E-state index contributed by atoms with van der Waals surface area (Å²) in [6.07, 6.45) is 0.723. The summed E-state index contributed by atoms with van der Waals surface area (Å²) in [5.41, 5.74) is 5.81. The lowest BCUT2D eigenvalue weighted by atomic mass is 9.99. The average molecular weight is 309 g/mol. The minimum Gasteiger partial charge on any atom is -0.497 e. The van der Waals surface area contributed by atoms with Gasteiger partial charge in [-0.15, -0.1) is 0 Å². The van der Waals surface area contributed by atoms with Gasteiger partial charge in [-0.05, 0) is 5.92 Å². The van der Waals surface area contributed by atoms with Crippen LogP contribution in [0.25, 0.3) is 0 Å². The predicted molar refractivity (Wildman–Crippen MR) is 84.1 cm³/mol. The summed E-state index contributed by atoms with van der Waals surface area (Å²) >= 11 is 0. The highest BCUT2D eigenvalue weighted by atomic mass is 16.5. The van der Waals surface area contributed by atoms with Crippen molar-refractivity contribution in [1.29, 1.82) is 0 Å². The maximum Gasteiger partial charge on any atom is 0.319 e. The number of hydrogen-bond donors (Lipinski definition) is 3. The van der Waals surface area contributed by atoms with Crippen LogP contribution in [0, 0.1) is 5.92 Å². The van der Waals surface area contributed by atoms with Crippen molar-refractivity contribution in [2.75, 3.05) is 19.5 Å². The first kappa shape index (κ1) is 17.6. The fourth-order valence-electron chi connectivity index (χ4n) is 1.92. The van der Waals surface area contributed by atoms with Crippen molar-refractivity contribution in [3.05, 3.63) is 18.2 Å². The molecule has 0 fully saturated rings. The SMILES string of the molecule is CC[C@@H](C)[C@@H](NC(=O)Nc1cc(OC)cc(OC)c1)C(N)=O. The number of carbonyl (C=O) groups excluding carboxylic acids is 2. The number of urea groups is 1. The van der Waals surface area contributed by atoms with Gasteiger partial charge in [-0.2, -0.15) is 0 Å². The second kappa shape index (κ2) is 8.11. The smallest absolute Gasteiger partial charge is 0.319 e. The molecule has 1 aromatic carbocycles. The number of nitrogens with one attached hydrogen (secondary N) is 2. The molecule has 0 unspecified atom stereocenters. The predicted octanol–water partition coefficient (Wildman–Crippen LogP) is 1.73. The van der Waals surface area contributed by atoms with Crippen molar-refractivity contribution in [3.63, 3.8) is 0 Å². The molecule has 7 heteroatoms. The van der Waals surface area contributed by atoms with Crippen molar-refractivity contribution in [1.82, 2.24) is 5.32 Å². The van der Waals surface area contributed by atoms with Crippen molar-refractivity contribution in [2.24, 2.45) is 11.7 Å². The van der Waals surface area contributed by atoms with Crippen LogP contribution in [-0.2, 0) is 4.79 Å². The molecule has 7 nitrogen and oxygen atoms in total. The largest absolute Gasteiger partial charge is 0.497 e. The number of amides is 3. The van der Waals surface area contributed by atoms with Gasteiger partial charge in [0.2, 0.25) is 5.91 Å². The van der Waals surface area contributed by atoms with Gasteiger partial charge in [0.05, 0.1) is 14.2 Å². The van der Waals surface area contributed by atoms with Gasteiger partial charge >= 0.3 is 6.03 Å². The Morgan fingerprint density at radius 3 is 2.14 bits per heavy atom. The molecule has 1 rings (SSSR count). The van der Waals surface area contributed by atoms with E-state index in [4.69, 9.17) is 15.2 Å². The molecule has 0 spiro atoms. The Balaban J connectivity index is 2.81. The van der Waals surface area contributed by atoms with E-state index in [0.717, 1.165) is 6.42 Å². The third-order valence-electron chi connectivity index (χ3n) is 3.42. The van der Waals surface area contributed by atoms with Crippen LogP contribution in [0.4, 0.5) is 10.5 Å². The van der Waals surface area contributed by atoms with Crippen LogP contribution < -0.4 is 25.8 Å². The van der Waals surface area contributed by atoms with E-state index >= 15 is 0 Å². The molecule has 0 aliphatic carbocycles. The van der Waals surface area contributed by atoms with E-state index in [1.165, 1.54) is 14.2 Å². The number of anilines is 1. The van der Waals surface area contributed by atoms with Crippen LogP contribution in [0.3, 0.4) is 0 Å². The maximum atomic E-state index is 12.0. The molecule has 0 aromatic heterocycles. The molecule has 122 valence electrons. The van der Waals surface area contributed by atoms with E-state index < -0.39 is 18.0 Å². The lowest BCUT2D eigenvalue weighted by molar-refractivity contribution is -0.120. The molecule has 3 amide bonds. The molecule has 0 radical (unpaired) electrons. The van der Waals surface area contributed by atoms with E-state index in [2.05, 4.69) is 10.6 Å². The standard InChI is InChI=1S/C15H23N3O4/c1-5-9(2)13(14(16)19)18-15(20)17-10-6-11(21-3)8-12(7-10)22-4/h6-9,13H,5H2,1-4H3,(H2,16,19)(H2,17,18,20)/t9-,13-/m1/s1. The Kier molecular flexibility index (Phi) is 6.49. The zero-order valence-corrected chi connectivity index (χ0v) is 13.3. The summed E-state index contributed by atoms with van der Waals surface area (Å²) < 4.78 is 10.3. The van der Waals surface area contributed by atoms with Gasteiger partial charge in [0.1, 0.15) is 17.5 Å². The number of primary amides is 1. The molecule has 0 bridgehead atoms. The molecule has 0 saturated heterocycles. The minimum absolute atomic E-state index is 0.0527. The molecular weight excluding hydrogens is 286 g/mol. The van der Waals surface area contributed by atoms with Crippen LogP contribution in [0.1, 0.15) is 20.3 Å². The summed E-state index contributed by atoms with van der Waals surface area (Å²) in [6, 6.07) is 3.74. The topological polar surface area (TPSA) is 103 Å². The van der Waals surface area contributed by atoms with Crippen LogP contribution in [-0.4, -0.2) is 32.2 Å². The Bertz CT molecular complexity index is 511. The number of benzene rings is 1. The second-order valence-electron chi connectivity index (χ2n) is 4.97. The number of methoxy groups -OCH3 is 2. The van der Waals surface area contributed by atoms with E-state index in [1.807, 2.05) is 13.8 Å². The van der Waals surface area contributed by atoms with Gasteiger partial charge < -0.3 is 25.8 Å². The number of rotatable bonds is 7. The van der Waals surface area contributed by atoms with E-state index in [1.54, 1.807) is 18.2 Å². The summed E-state index contributed by atoms with van der Waals surface area (Å²) in [6.45, 7) is 3.78. The van der Waals surface area contributed by atoms with Crippen molar-refractivity contribution in [2.45, 2.75) is 26.3 Å². The van der Waals surface area contributed by atoms with Crippen molar-refractivity contribution < 1.29 is 19.1 Å². The van der Waals surface area contributed by atoms with Gasteiger partial charge in [-0.1, -0.05) is 20.3 Å². The number of carbonyl (C=O) groups is 2. The molecule has 0 aliphatic rings. The molecular formula is C15H23N3O4. The first-order valence-corrected chi connectivity index (χ1v) is 7.01. The van der Waals surface area contributed by atoms with Gasteiger partial charge in [0.25, 0.3) is 0 Å². The summed E-state index contributed by atoms with van der Waals surface area (Å²) in [4.78, 5) is 23.5. The maximum absolute atomic E-state index is 12.0. The lowest BCUT2D eigenvalue weighted by Crippen LogP contribution is -2.49. The van der Waals surface area contributed by atoms with E-state index in [0.29, 0.717) is 17.2 Å². The number of nitrogens with two attached hydrogens (primary N) is 1. The highest BCUT2D eigenvalue weighted by Crippen LogP contribution is 2.25. The van der Waals surface area contributed by atoms with Crippen LogP contribution in [0.15, 0.2) is 18.2 Å². The average Bonchev–Trinajstić information content (AvgIpc) is 2.50. The quantitative estimate of drug-likeness (QED) is 0.713. The van der Waals surface area contributed by atoms with Gasteiger partial charge in [0.15, 0.2) is 0 Å². The van der Waals surface area contributed by atoms with Crippen LogP contribution in [0.5, 0.6) is 11.5 Å². The van der Waals surface area contributed by atoms with Crippen LogP contribution in [0.2, 0.25) is 0 Å². The molecule has 0 aliphatic heterocycles. The second-order valence-corrected chi connectivity index (χ2v) is 4.97. The van der Waals surface area contributed by atoms with E-state index in [-0.39, 0.29) is 5.92 Å². The van der Waals surface area contributed by atoms with Gasteiger partial charge in [-0.25, -0.2) is 4.79 Å². The Labute approximate surface area is 130 Å². The van der Waals surface area contributed by atoms with Crippen molar-refractivity contribution in [3.8, 4) is 11.5 Å². The zero-order valence-electron chi connectivity index (χ0n) is 13.3. The minimum atomic E-state index is -0.725. The molecule has 4 N–H and O–H groups in total. The fourth-order valence-corrected chi connectivity index (χ4v) is 1.92. The lowest BCUT2D eigenvalue weighted by Gasteiger charge is -2.21. The third kappa shape index (κ3) is 4.83. The first-order valence-electron chi connectivity index (χ1n) is 7.01. The van der Waals surface area contributed by atoms with E-state index in [9.17, 15) is 9.59 Å². The Hall–Kier alpha value is -2.44. The summed E-state index contributed by atoms with van der Waals surface area (Å²) in [7, 11) is 3.04. The molecule has 1 aromatic rings. The number of ether oxygens (including phenoxy) is 2. The normalized spacial score (nSPS) is 12.9. The Morgan fingerprint density at radius 1 is 1.18 bits per heavy atom. The number of hydrogen-bond acceptors (Lipinski definition) is 4. The molecule has 0 heterocycles. The highest BCUT2D eigenvalue weighted by Gasteiger charge is 2.23. The highest BCUT2D eigenvalue weighted by molar-refractivity contribution is 5.93. The zero-order chi connectivity index (χ0) is 16.7. The van der Waals surface area contributed by atoms with Crippen molar-refractivity contribution >= 4 is 17.6 Å². The fraction of sp³-hybridized carbons (Fsp3) is 0.467. The van der Waals surface area contributed by atoms with Crippen LogP contribution >= 0.6 is 0 Å². The van der Waals surface area contributed by atoms with Gasteiger partial charge in [0, 0.05) is 23.9 Å². The monoisotopic (exact) mass is 309 g/mol.